The van der Waals surface area contributed by atoms with Crippen molar-refractivity contribution in [1.82, 2.24) is 5.32 Å². The molecule has 0 saturated heterocycles. The number of hydrogen-bond donors (Lipinski definition) is 1. The van der Waals surface area contributed by atoms with Gasteiger partial charge in [-0.25, -0.2) is 4.39 Å². The summed E-state index contributed by atoms with van der Waals surface area (Å²) in [7, 11) is 0. The zero-order valence-corrected chi connectivity index (χ0v) is 11.1. The van der Waals surface area contributed by atoms with Crippen LogP contribution in [0.2, 0.25) is 0 Å². The molecule has 3 rings (SSSR count). The lowest BCUT2D eigenvalue weighted by atomic mass is 10.1. The first-order chi connectivity index (χ1) is 9.22. The fourth-order valence-corrected chi connectivity index (χ4v) is 2.90. The standard InChI is InChI=1S/C17H18FN/c1-12(13-7-4-8-16(18)9-13)19-17-10-14-5-2-3-6-15(14)11-17/h2-9,12,17,19H,10-11H2,1H3/t12-/m1/s1. The van der Waals surface area contributed by atoms with Crippen LogP contribution >= 0.6 is 0 Å². The van der Waals surface area contributed by atoms with Crippen LogP contribution in [0.3, 0.4) is 0 Å². The van der Waals surface area contributed by atoms with E-state index in [-0.39, 0.29) is 11.9 Å². The van der Waals surface area contributed by atoms with E-state index in [1.807, 2.05) is 6.07 Å². The molecule has 0 amide bonds. The molecular weight excluding hydrogens is 237 g/mol. The van der Waals surface area contributed by atoms with Crippen molar-refractivity contribution in [3.05, 3.63) is 71.0 Å². The Hall–Kier alpha value is -1.67. The van der Waals surface area contributed by atoms with Gasteiger partial charge in [-0.2, -0.15) is 0 Å². The summed E-state index contributed by atoms with van der Waals surface area (Å²) >= 11 is 0. The Kier molecular flexibility index (Phi) is 3.34. The van der Waals surface area contributed by atoms with Crippen LogP contribution in [0.5, 0.6) is 0 Å². The van der Waals surface area contributed by atoms with E-state index in [9.17, 15) is 4.39 Å². The Bertz CT molecular complexity index is 554. The van der Waals surface area contributed by atoms with Crippen molar-refractivity contribution in [2.75, 3.05) is 0 Å². The largest absolute Gasteiger partial charge is 0.307 e. The van der Waals surface area contributed by atoms with Gasteiger partial charge in [-0.05, 0) is 48.6 Å². The van der Waals surface area contributed by atoms with Crippen molar-refractivity contribution in [2.24, 2.45) is 0 Å². The fourth-order valence-electron chi connectivity index (χ4n) is 2.90. The van der Waals surface area contributed by atoms with Crippen molar-refractivity contribution in [2.45, 2.75) is 31.8 Å². The van der Waals surface area contributed by atoms with Crippen molar-refractivity contribution < 1.29 is 4.39 Å². The fraction of sp³-hybridized carbons (Fsp3) is 0.294. The molecule has 1 aliphatic rings. The lowest BCUT2D eigenvalue weighted by Gasteiger charge is -2.19. The molecule has 0 saturated carbocycles. The molecule has 19 heavy (non-hydrogen) atoms. The Balaban J connectivity index is 1.67. The van der Waals surface area contributed by atoms with Gasteiger partial charge in [-0.3, -0.25) is 0 Å². The van der Waals surface area contributed by atoms with Crippen LogP contribution in [0, 0.1) is 5.82 Å². The van der Waals surface area contributed by atoms with Crippen LogP contribution in [-0.2, 0) is 12.8 Å². The average molecular weight is 255 g/mol. The number of halogens is 1. The Morgan fingerprint density at radius 1 is 1.05 bits per heavy atom. The van der Waals surface area contributed by atoms with Crippen LogP contribution < -0.4 is 5.32 Å². The van der Waals surface area contributed by atoms with Crippen molar-refractivity contribution in [3.8, 4) is 0 Å². The normalized spacial score (nSPS) is 16.3. The summed E-state index contributed by atoms with van der Waals surface area (Å²) in [5.74, 6) is -0.166. The molecule has 0 spiro atoms. The van der Waals surface area contributed by atoms with E-state index in [4.69, 9.17) is 0 Å². The van der Waals surface area contributed by atoms with E-state index in [0.717, 1.165) is 18.4 Å². The van der Waals surface area contributed by atoms with Crippen LogP contribution in [0.1, 0.15) is 29.7 Å². The van der Waals surface area contributed by atoms with Gasteiger partial charge in [0.15, 0.2) is 0 Å². The zero-order valence-electron chi connectivity index (χ0n) is 11.1. The smallest absolute Gasteiger partial charge is 0.123 e. The highest BCUT2D eigenvalue weighted by atomic mass is 19.1. The van der Waals surface area contributed by atoms with Gasteiger partial charge in [0.1, 0.15) is 5.82 Å². The SMILES string of the molecule is C[C@@H](NC1Cc2ccccc2C1)c1cccc(F)c1. The lowest BCUT2D eigenvalue weighted by molar-refractivity contribution is 0.465. The van der Waals surface area contributed by atoms with E-state index in [2.05, 4.69) is 36.5 Å². The summed E-state index contributed by atoms with van der Waals surface area (Å²) < 4.78 is 13.2. The molecule has 1 atom stereocenters. The predicted octanol–water partition coefficient (Wildman–Crippen LogP) is 3.64. The second kappa shape index (κ2) is 5.14. The first kappa shape index (κ1) is 12.4. The third kappa shape index (κ3) is 2.69. The summed E-state index contributed by atoms with van der Waals surface area (Å²) in [6.07, 6.45) is 2.13. The molecule has 1 nitrogen and oxygen atoms in total. The van der Waals surface area contributed by atoms with E-state index < -0.39 is 0 Å². The van der Waals surface area contributed by atoms with Gasteiger partial charge < -0.3 is 5.32 Å². The number of hydrogen-bond acceptors (Lipinski definition) is 1. The zero-order chi connectivity index (χ0) is 13.2. The van der Waals surface area contributed by atoms with Crippen LogP contribution in [-0.4, -0.2) is 6.04 Å². The Morgan fingerprint density at radius 3 is 2.37 bits per heavy atom. The highest BCUT2D eigenvalue weighted by Crippen LogP contribution is 2.24. The molecule has 0 bridgehead atoms. The number of benzene rings is 2. The van der Waals surface area contributed by atoms with Crippen LogP contribution in [0.25, 0.3) is 0 Å². The molecule has 98 valence electrons. The molecule has 0 fully saturated rings. The average Bonchev–Trinajstić information content (AvgIpc) is 2.80. The van der Waals surface area contributed by atoms with Gasteiger partial charge in [-0.15, -0.1) is 0 Å². The monoisotopic (exact) mass is 255 g/mol. The molecule has 1 aliphatic carbocycles. The molecule has 0 unspecified atom stereocenters. The van der Waals surface area contributed by atoms with Crippen molar-refractivity contribution in [3.63, 3.8) is 0 Å². The first-order valence-corrected chi connectivity index (χ1v) is 6.80. The summed E-state index contributed by atoms with van der Waals surface area (Å²) in [6, 6.07) is 16.1. The summed E-state index contributed by atoms with van der Waals surface area (Å²) in [5, 5.41) is 3.60. The van der Waals surface area contributed by atoms with Gasteiger partial charge in [-0.1, -0.05) is 36.4 Å². The van der Waals surface area contributed by atoms with Gasteiger partial charge in [0, 0.05) is 12.1 Å². The maximum Gasteiger partial charge on any atom is 0.123 e. The number of nitrogens with one attached hydrogen (secondary N) is 1. The minimum atomic E-state index is -0.166. The van der Waals surface area contributed by atoms with Gasteiger partial charge in [0.25, 0.3) is 0 Å². The molecule has 2 heteroatoms. The highest BCUT2D eigenvalue weighted by molar-refractivity contribution is 5.33. The highest BCUT2D eigenvalue weighted by Gasteiger charge is 2.22. The van der Waals surface area contributed by atoms with Crippen LogP contribution in [0.15, 0.2) is 48.5 Å². The predicted molar refractivity (Wildman–Crippen MR) is 75.6 cm³/mol. The molecule has 0 heterocycles. The molecule has 2 aromatic carbocycles. The first-order valence-electron chi connectivity index (χ1n) is 6.80. The van der Waals surface area contributed by atoms with E-state index in [1.54, 1.807) is 12.1 Å². The topological polar surface area (TPSA) is 12.0 Å². The molecule has 1 N–H and O–H groups in total. The van der Waals surface area contributed by atoms with Gasteiger partial charge in [0.05, 0.1) is 0 Å². The van der Waals surface area contributed by atoms with Crippen molar-refractivity contribution in [1.29, 1.82) is 0 Å². The third-order valence-corrected chi connectivity index (χ3v) is 3.89. The maximum atomic E-state index is 13.2. The van der Waals surface area contributed by atoms with Crippen LogP contribution in [0.4, 0.5) is 4.39 Å². The molecule has 0 radical (unpaired) electrons. The quantitative estimate of drug-likeness (QED) is 0.883. The minimum Gasteiger partial charge on any atom is -0.307 e. The second-order valence-electron chi connectivity index (χ2n) is 5.32. The molecule has 0 aromatic heterocycles. The molecule has 2 aromatic rings. The second-order valence-corrected chi connectivity index (χ2v) is 5.32. The summed E-state index contributed by atoms with van der Waals surface area (Å²) in [5.41, 5.74) is 3.88. The summed E-state index contributed by atoms with van der Waals surface area (Å²) in [4.78, 5) is 0. The minimum absolute atomic E-state index is 0.166. The van der Waals surface area contributed by atoms with E-state index >= 15 is 0 Å². The van der Waals surface area contributed by atoms with E-state index in [0.29, 0.717) is 6.04 Å². The molecular formula is C17H18FN. The third-order valence-electron chi connectivity index (χ3n) is 3.89. The number of rotatable bonds is 3. The lowest BCUT2D eigenvalue weighted by Crippen LogP contribution is -2.32. The van der Waals surface area contributed by atoms with E-state index in [1.165, 1.54) is 17.2 Å². The Labute approximate surface area is 113 Å². The maximum absolute atomic E-state index is 13.2. The molecule has 0 aliphatic heterocycles. The number of fused-ring (bicyclic) bond motifs is 1. The van der Waals surface area contributed by atoms with Gasteiger partial charge in [0.2, 0.25) is 0 Å². The van der Waals surface area contributed by atoms with Crippen molar-refractivity contribution >= 4 is 0 Å². The Morgan fingerprint density at radius 2 is 1.74 bits per heavy atom. The van der Waals surface area contributed by atoms with Gasteiger partial charge >= 0.3 is 0 Å². The summed E-state index contributed by atoms with van der Waals surface area (Å²) in [6.45, 7) is 2.09.